The molecule has 0 atom stereocenters. The van der Waals surface area contributed by atoms with Gasteiger partial charge in [0.1, 0.15) is 12.3 Å². The third-order valence-electron chi connectivity index (χ3n) is 2.55. The monoisotopic (exact) mass is 263 g/mol. The number of ether oxygens (including phenoxy) is 1. The number of urea groups is 1. The minimum absolute atomic E-state index is 0.0924. The van der Waals surface area contributed by atoms with E-state index in [-0.39, 0.29) is 18.9 Å². The van der Waals surface area contributed by atoms with Crippen molar-refractivity contribution in [3.8, 4) is 5.75 Å². The number of hydrogen-bond acceptors (Lipinski definition) is 4. The predicted octanol–water partition coefficient (Wildman–Crippen LogP) is -0.179. The van der Waals surface area contributed by atoms with Gasteiger partial charge in [-0.25, -0.2) is 9.80 Å². The van der Waals surface area contributed by atoms with E-state index in [9.17, 15) is 14.4 Å². The summed E-state index contributed by atoms with van der Waals surface area (Å²) in [5, 5.41) is 3.02. The highest BCUT2D eigenvalue weighted by Crippen LogP contribution is 2.12. The molecule has 7 nitrogen and oxygen atoms in total. The van der Waals surface area contributed by atoms with E-state index in [4.69, 9.17) is 4.74 Å². The second-order valence-corrected chi connectivity index (χ2v) is 4.00. The van der Waals surface area contributed by atoms with Gasteiger partial charge in [0.2, 0.25) is 11.8 Å². The van der Waals surface area contributed by atoms with E-state index in [0.717, 1.165) is 10.6 Å². The van der Waals surface area contributed by atoms with Crippen molar-refractivity contribution in [1.29, 1.82) is 0 Å². The van der Waals surface area contributed by atoms with Crippen molar-refractivity contribution in [2.75, 3.05) is 13.7 Å². The SMILES string of the molecule is COc1cccc(CC(=O)NN2CC(=O)NC2=O)c1. The molecule has 1 aromatic rings. The number of benzene rings is 1. The average Bonchev–Trinajstić information content (AvgIpc) is 2.68. The fraction of sp³-hybridized carbons (Fsp3) is 0.250. The van der Waals surface area contributed by atoms with Gasteiger partial charge in [-0.1, -0.05) is 12.1 Å². The maximum absolute atomic E-state index is 11.7. The minimum atomic E-state index is -0.621. The molecule has 1 aliphatic rings. The number of nitrogens with one attached hydrogen (secondary N) is 2. The number of carbonyl (C=O) groups excluding carboxylic acids is 3. The van der Waals surface area contributed by atoms with Gasteiger partial charge in [-0.05, 0) is 17.7 Å². The first-order valence-corrected chi connectivity index (χ1v) is 5.62. The van der Waals surface area contributed by atoms with Crippen LogP contribution >= 0.6 is 0 Å². The van der Waals surface area contributed by atoms with Gasteiger partial charge in [0, 0.05) is 0 Å². The zero-order valence-corrected chi connectivity index (χ0v) is 10.3. The molecule has 0 spiro atoms. The summed E-state index contributed by atoms with van der Waals surface area (Å²) in [5.41, 5.74) is 3.12. The normalized spacial score (nSPS) is 14.3. The van der Waals surface area contributed by atoms with Crippen molar-refractivity contribution in [3.63, 3.8) is 0 Å². The molecule has 2 N–H and O–H groups in total. The summed E-state index contributed by atoms with van der Waals surface area (Å²) in [7, 11) is 1.54. The molecule has 4 amide bonds. The summed E-state index contributed by atoms with van der Waals surface area (Å²) in [4.78, 5) is 33.9. The van der Waals surface area contributed by atoms with Crippen LogP contribution in [0.4, 0.5) is 4.79 Å². The molecule has 1 aromatic carbocycles. The third kappa shape index (κ3) is 3.21. The lowest BCUT2D eigenvalue weighted by atomic mass is 10.1. The number of amides is 4. The van der Waals surface area contributed by atoms with Gasteiger partial charge < -0.3 is 4.74 Å². The lowest BCUT2D eigenvalue weighted by molar-refractivity contribution is -0.124. The predicted molar refractivity (Wildman–Crippen MR) is 65.1 cm³/mol. The molecule has 1 saturated heterocycles. The number of methoxy groups -OCH3 is 1. The molecular weight excluding hydrogens is 250 g/mol. The number of nitrogens with zero attached hydrogens (tertiary/aromatic N) is 1. The summed E-state index contributed by atoms with van der Waals surface area (Å²) in [6.45, 7) is -0.164. The molecule has 0 aliphatic carbocycles. The van der Waals surface area contributed by atoms with Crippen LogP contribution in [0, 0.1) is 0 Å². The molecule has 7 heteroatoms. The van der Waals surface area contributed by atoms with Crippen molar-refractivity contribution >= 4 is 17.8 Å². The van der Waals surface area contributed by atoms with E-state index in [1.165, 1.54) is 0 Å². The van der Waals surface area contributed by atoms with Gasteiger partial charge in [-0.15, -0.1) is 0 Å². The maximum atomic E-state index is 11.7. The lowest BCUT2D eigenvalue weighted by Crippen LogP contribution is -2.44. The van der Waals surface area contributed by atoms with Crippen molar-refractivity contribution in [1.82, 2.24) is 15.8 Å². The second kappa shape index (κ2) is 5.38. The van der Waals surface area contributed by atoms with Crippen LogP contribution in [0.5, 0.6) is 5.75 Å². The molecule has 19 heavy (non-hydrogen) atoms. The minimum Gasteiger partial charge on any atom is -0.497 e. The number of hydrazine groups is 1. The molecule has 100 valence electrons. The highest BCUT2D eigenvalue weighted by Gasteiger charge is 2.27. The van der Waals surface area contributed by atoms with Crippen LogP contribution in [0.25, 0.3) is 0 Å². The van der Waals surface area contributed by atoms with Gasteiger partial charge in [-0.2, -0.15) is 0 Å². The van der Waals surface area contributed by atoms with Crippen LogP contribution in [0.1, 0.15) is 5.56 Å². The molecule has 2 rings (SSSR count). The molecule has 0 aromatic heterocycles. The Morgan fingerprint density at radius 2 is 2.26 bits per heavy atom. The topological polar surface area (TPSA) is 87.7 Å². The second-order valence-electron chi connectivity index (χ2n) is 4.00. The van der Waals surface area contributed by atoms with Gasteiger partial charge in [0.15, 0.2) is 0 Å². The summed E-state index contributed by atoms with van der Waals surface area (Å²) in [5.74, 6) is -0.163. The Morgan fingerprint density at radius 1 is 1.47 bits per heavy atom. The molecular formula is C12H13N3O4. The summed E-state index contributed by atoms with van der Waals surface area (Å²) in [6.07, 6.45) is 0.0924. The molecule has 0 unspecified atom stereocenters. The standard InChI is InChI=1S/C12H13N3O4/c1-19-9-4-2-3-8(5-9)6-10(16)14-15-7-11(17)13-12(15)18/h2-5H,6-7H2,1H3,(H,14,16)(H,13,17,18). The van der Waals surface area contributed by atoms with Gasteiger partial charge in [0.05, 0.1) is 13.5 Å². The largest absolute Gasteiger partial charge is 0.497 e. The molecule has 0 saturated carbocycles. The number of carbonyl (C=O) groups is 3. The molecule has 0 radical (unpaired) electrons. The summed E-state index contributed by atoms with van der Waals surface area (Å²) < 4.78 is 5.05. The van der Waals surface area contributed by atoms with E-state index in [2.05, 4.69) is 10.7 Å². The highest BCUT2D eigenvalue weighted by atomic mass is 16.5. The molecule has 1 heterocycles. The van der Waals surface area contributed by atoms with Crippen molar-refractivity contribution in [2.45, 2.75) is 6.42 Å². The van der Waals surface area contributed by atoms with Gasteiger partial charge in [0.25, 0.3) is 0 Å². The van der Waals surface area contributed by atoms with E-state index < -0.39 is 11.9 Å². The number of imide groups is 1. The van der Waals surface area contributed by atoms with Crippen LogP contribution in [-0.4, -0.2) is 36.5 Å². The maximum Gasteiger partial charge on any atom is 0.343 e. The smallest absolute Gasteiger partial charge is 0.343 e. The zero-order chi connectivity index (χ0) is 13.8. The lowest BCUT2D eigenvalue weighted by Gasteiger charge is -2.14. The zero-order valence-electron chi connectivity index (χ0n) is 10.3. The van der Waals surface area contributed by atoms with E-state index in [1.807, 2.05) is 0 Å². The quantitative estimate of drug-likeness (QED) is 0.738. The Morgan fingerprint density at radius 3 is 2.89 bits per heavy atom. The number of hydrogen-bond donors (Lipinski definition) is 2. The van der Waals surface area contributed by atoms with E-state index in [1.54, 1.807) is 31.4 Å². The van der Waals surface area contributed by atoms with Crippen LogP contribution in [-0.2, 0) is 16.0 Å². The fourth-order valence-corrected chi connectivity index (χ4v) is 1.69. The third-order valence-corrected chi connectivity index (χ3v) is 2.55. The van der Waals surface area contributed by atoms with E-state index in [0.29, 0.717) is 5.75 Å². The van der Waals surface area contributed by atoms with Crippen molar-refractivity contribution < 1.29 is 19.1 Å². The molecule has 1 fully saturated rings. The summed E-state index contributed by atoms with van der Waals surface area (Å²) in [6, 6.07) is 6.43. The average molecular weight is 263 g/mol. The van der Waals surface area contributed by atoms with E-state index >= 15 is 0 Å². The molecule has 0 bridgehead atoms. The fourth-order valence-electron chi connectivity index (χ4n) is 1.69. The van der Waals surface area contributed by atoms with Crippen LogP contribution in [0.15, 0.2) is 24.3 Å². The molecule has 1 aliphatic heterocycles. The number of rotatable bonds is 4. The van der Waals surface area contributed by atoms with Gasteiger partial charge in [-0.3, -0.25) is 20.3 Å². The first kappa shape index (κ1) is 12.9. The Hall–Kier alpha value is -2.57. The first-order valence-electron chi connectivity index (χ1n) is 5.62. The van der Waals surface area contributed by atoms with Gasteiger partial charge >= 0.3 is 6.03 Å². The Bertz CT molecular complexity index is 529. The highest BCUT2D eigenvalue weighted by molar-refractivity contribution is 6.02. The van der Waals surface area contributed by atoms with Crippen LogP contribution < -0.4 is 15.5 Å². The Kier molecular flexibility index (Phi) is 3.65. The van der Waals surface area contributed by atoms with Crippen molar-refractivity contribution in [2.24, 2.45) is 0 Å². The van der Waals surface area contributed by atoms with Crippen LogP contribution in [0.3, 0.4) is 0 Å². The summed E-state index contributed by atoms with van der Waals surface area (Å²) >= 11 is 0. The van der Waals surface area contributed by atoms with Crippen molar-refractivity contribution in [3.05, 3.63) is 29.8 Å². The Labute approximate surface area is 109 Å². The first-order chi connectivity index (χ1) is 9.08. The Balaban J connectivity index is 1.94. The van der Waals surface area contributed by atoms with Crippen LogP contribution in [0.2, 0.25) is 0 Å².